The maximum Gasteiger partial charge on any atom is -0.000485 e. The molecule has 2 N–H and O–H groups in total. The molecule has 20 heavy (non-hydrogen) atoms. The van der Waals surface area contributed by atoms with Crippen molar-refractivity contribution in [3.05, 3.63) is 36.5 Å². The molecule has 2 atom stereocenters. The van der Waals surface area contributed by atoms with Crippen molar-refractivity contribution in [2.75, 3.05) is 6.54 Å². The summed E-state index contributed by atoms with van der Waals surface area (Å²) in [6.07, 6.45) is 10.5. The average molecular weight is 277 g/mol. The van der Waals surface area contributed by atoms with Crippen molar-refractivity contribution in [1.82, 2.24) is 0 Å². The molecule has 0 radical (unpaired) electrons. The molecule has 0 heterocycles. The van der Waals surface area contributed by atoms with Gasteiger partial charge in [0.2, 0.25) is 0 Å². The van der Waals surface area contributed by atoms with E-state index < -0.39 is 0 Å². The molecule has 0 rings (SSSR count). The predicted molar refractivity (Wildman–Crippen MR) is 92.7 cm³/mol. The number of rotatable bonds is 7. The summed E-state index contributed by atoms with van der Waals surface area (Å²) >= 11 is 0. The Morgan fingerprint density at radius 2 is 1.70 bits per heavy atom. The molecule has 0 fully saturated rings. The van der Waals surface area contributed by atoms with Gasteiger partial charge in [-0.25, -0.2) is 0 Å². The Balaban J connectivity index is 5.98. The van der Waals surface area contributed by atoms with E-state index in [0.717, 1.165) is 12.8 Å². The maximum absolute atomic E-state index is 6.16. The zero-order chi connectivity index (χ0) is 16.0. The van der Waals surface area contributed by atoms with Crippen LogP contribution in [0.5, 0.6) is 0 Å². The van der Waals surface area contributed by atoms with Crippen molar-refractivity contribution in [2.24, 2.45) is 22.0 Å². The van der Waals surface area contributed by atoms with E-state index in [-0.39, 0.29) is 16.2 Å². The molecule has 0 aromatic rings. The predicted octanol–water partition coefficient (Wildman–Crippen LogP) is 5.49. The van der Waals surface area contributed by atoms with Crippen LogP contribution in [0.25, 0.3) is 0 Å². The molecule has 0 aliphatic heterocycles. The Kier molecular flexibility index (Phi) is 6.97. The van der Waals surface area contributed by atoms with Crippen molar-refractivity contribution in [3.8, 4) is 0 Å². The molecule has 1 heteroatoms. The third-order valence-electron chi connectivity index (χ3n) is 4.77. The third kappa shape index (κ3) is 4.34. The van der Waals surface area contributed by atoms with Crippen LogP contribution in [0.1, 0.15) is 61.3 Å². The molecule has 0 amide bonds. The fourth-order valence-electron chi connectivity index (χ4n) is 3.16. The third-order valence-corrected chi connectivity index (χ3v) is 4.77. The Morgan fingerprint density at radius 1 is 1.15 bits per heavy atom. The van der Waals surface area contributed by atoms with Gasteiger partial charge in [-0.2, -0.15) is 0 Å². The zero-order valence-corrected chi connectivity index (χ0v) is 14.7. The topological polar surface area (TPSA) is 26.0 Å². The van der Waals surface area contributed by atoms with Crippen LogP contribution in [-0.2, 0) is 0 Å². The maximum atomic E-state index is 6.16. The van der Waals surface area contributed by atoms with Gasteiger partial charge in [-0.3, -0.25) is 0 Å². The van der Waals surface area contributed by atoms with Crippen LogP contribution in [0.4, 0.5) is 0 Å². The quantitative estimate of drug-likeness (QED) is 0.612. The molecule has 0 aliphatic carbocycles. The van der Waals surface area contributed by atoms with Crippen LogP contribution in [0.15, 0.2) is 36.5 Å². The van der Waals surface area contributed by atoms with Gasteiger partial charge in [0.15, 0.2) is 0 Å². The Labute approximate surface area is 127 Å². The van der Waals surface area contributed by atoms with Gasteiger partial charge in [0.25, 0.3) is 0 Å². The number of hydrogen-bond acceptors (Lipinski definition) is 1. The van der Waals surface area contributed by atoms with E-state index in [4.69, 9.17) is 5.73 Å². The molecular formula is C19H35N. The molecule has 0 aromatic heterocycles. The van der Waals surface area contributed by atoms with Crippen LogP contribution in [0, 0.1) is 16.2 Å². The first-order chi connectivity index (χ1) is 9.10. The summed E-state index contributed by atoms with van der Waals surface area (Å²) in [5.41, 5.74) is 7.80. The largest absolute Gasteiger partial charge is 0.330 e. The molecular weight excluding hydrogens is 242 g/mol. The van der Waals surface area contributed by atoms with Crippen LogP contribution >= 0.6 is 0 Å². The number of nitrogens with two attached hydrogens (primary N) is 1. The molecule has 0 saturated carbocycles. The minimum Gasteiger partial charge on any atom is -0.330 e. The normalized spacial score (nSPS) is 19.7. The highest BCUT2D eigenvalue weighted by Gasteiger charge is 2.45. The fraction of sp³-hybridized carbons (Fsp3) is 0.684. The lowest BCUT2D eigenvalue weighted by atomic mass is 9.55. The van der Waals surface area contributed by atoms with E-state index in [1.807, 2.05) is 13.0 Å². The monoisotopic (exact) mass is 277 g/mol. The standard InChI is InChI=1S/C19H35N/c1-9-12-13-16(10-2)19(8,14-17(4,5)6)18(7,11-3)15-20/h9-10,12-13H,2,11,14-15,20H2,1,3-8H3/b12-9-,16-13+. The van der Waals surface area contributed by atoms with E-state index in [1.54, 1.807) is 0 Å². The van der Waals surface area contributed by atoms with E-state index >= 15 is 0 Å². The van der Waals surface area contributed by atoms with Crippen molar-refractivity contribution in [2.45, 2.75) is 61.3 Å². The van der Waals surface area contributed by atoms with Gasteiger partial charge in [0.1, 0.15) is 0 Å². The second kappa shape index (κ2) is 7.26. The summed E-state index contributed by atoms with van der Waals surface area (Å²) in [7, 11) is 0. The van der Waals surface area contributed by atoms with E-state index in [2.05, 4.69) is 66.3 Å². The summed E-state index contributed by atoms with van der Waals surface area (Å²) in [5.74, 6) is 0. The Bertz CT molecular complexity index is 364. The van der Waals surface area contributed by atoms with Crippen molar-refractivity contribution < 1.29 is 0 Å². The van der Waals surface area contributed by atoms with E-state index in [1.165, 1.54) is 5.57 Å². The SMILES string of the molecule is C=C/C(=C\C=C/C)C(C)(CC(C)(C)C)C(C)(CC)CN. The minimum atomic E-state index is 0.0238. The average Bonchev–Trinajstić information content (AvgIpc) is 2.36. The van der Waals surface area contributed by atoms with Gasteiger partial charge >= 0.3 is 0 Å². The number of allylic oxidation sites excluding steroid dienone is 5. The van der Waals surface area contributed by atoms with E-state index in [0.29, 0.717) is 6.54 Å². The summed E-state index contributed by atoms with van der Waals surface area (Å²) in [5, 5.41) is 0. The molecule has 0 spiro atoms. The lowest BCUT2D eigenvalue weighted by molar-refractivity contribution is 0.0660. The highest BCUT2D eigenvalue weighted by Crippen LogP contribution is 2.53. The molecule has 0 saturated heterocycles. The minimum absolute atomic E-state index is 0.0238. The van der Waals surface area contributed by atoms with Crippen molar-refractivity contribution in [3.63, 3.8) is 0 Å². The van der Waals surface area contributed by atoms with Crippen LogP contribution < -0.4 is 5.73 Å². The molecule has 0 bridgehead atoms. The first-order valence-corrected chi connectivity index (χ1v) is 7.76. The summed E-state index contributed by atoms with van der Waals surface area (Å²) in [6.45, 7) is 20.6. The number of hydrogen-bond donors (Lipinski definition) is 1. The van der Waals surface area contributed by atoms with Crippen molar-refractivity contribution in [1.29, 1.82) is 0 Å². The van der Waals surface area contributed by atoms with Crippen LogP contribution in [-0.4, -0.2) is 6.54 Å². The smallest absolute Gasteiger partial charge is 0.000485 e. The van der Waals surface area contributed by atoms with Gasteiger partial charge in [-0.15, -0.1) is 0 Å². The zero-order valence-electron chi connectivity index (χ0n) is 14.7. The summed E-state index contributed by atoms with van der Waals surface area (Å²) in [6, 6.07) is 0. The highest BCUT2D eigenvalue weighted by atomic mass is 14.6. The molecule has 0 aliphatic rings. The van der Waals surface area contributed by atoms with Gasteiger partial charge in [0, 0.05) is 0 Å². The molecule has 0 aromatic carbocycles. The van der Waals surface area contributed by atoms with Crippen LogP contribution in [0.3, 0.4) is 0 Å². The first-order valence-electron chi connectivity index (χ1n) is 7.76. The molecule has 1 nitrogen and oxygen atoms in total. The lowest BCUT2D eigenvalue weighted by Crippen LogP contribution is -2.46. The second-order valence-electron chi connectivity index (χ2n) is 7.54. The highest BCUT2D eigenvalue weighted by molar-refractivity contribution is 5.32. The summed E-state index contributed by atoms with van der Waals surface area (Å²) in [4.78, 5) is 0. The van der Waals surface area contributed by atoms with Gasteiger partial charge in [-0.1, -0.05) is 72.4 Å². The van der Waals surface area contributed by atoms with Gasteiger partial charge in [-0.05, 0) is 48.1 Å². The van der Waals surface area contributed by atoms with Crippen LogP contribution in [0.2, 0.25) is 0 Å². The second-order valence-corrected chi connectivity index (χ2v) is 7.54. The van der Waals surface area contributed by atoms with Crippen molar-refractivity contribution >= 4 is 0 Å². The Morgan fingerprint density at radius 3 is 2.00 bits per heavy atom. The molecule has 116 valence electrons. The summed E-state index contributed by atoms with van der Waals surface area (Å²) < 4.78 is 0. The lowest BCUT2D eigenvalue weighted by Gasteiger charge is -2.50. The van der Waals surface area contributed by atoms with Gasteiger partial charge in [0.05, 0.1) is 0 Å². The van der Waals surface area contributed by atoms with Gasteiger partial charge < -0.3 is 5.73 Å². The molecule has 2 unspecified atom stereocenters. The fourth-order valence-corrected chi connectivity index (χ4v) is 3.16. The van der Waals surface area contributed by atoms with E-state index in [9.17, 15) is 0 Å². The Hall–Kier alpha value is -0.820. The first kappa shape index (κ1) is 19.2.